The van der Waals surface area contributed by atoms with Crippen LogP contribution >= 0.6 is 0 Å². The number of rotatable bonds is 1. The molecule has 1 aliphatic heterocycles. The van der Waals surface area contributed by atoms with Gasteiger partial charge in [-0.3, -0.25) is 0 Å². The summed E-state index contributed by atoms with van der Waals surface area (Å²) < 4.78 is 6.00. The zero-order valence-corrected chi connectivity index (χ0v) is 7.88. The topological polar surface area (TPSA) is 35.2 Å². The minimum absolute atomic E-state index is 0.253. The SMILES string of the molecule is CC1CCC2(CCC(CN)O2)C1. The first kappa shape index (κ1) is 8.52. The van der Waals surface area contributed by atoms with Gasteiger partial charge in [0.2, 0.25) is 0 Å². The molecule has 1 aliphatic carbocycles. The third-order valence-electron chi connectivity index (χ3n) is 3.41. The van der Waals surface area contributed by atoms with Gasteiger partial charge in [-0.1, -0.05) is 6.92 Å². The lowest BCUT2D eigenvalue weighted by atomic mass is 9.97. The van der Waals surface area contributed by atoms with Crippen LogP contribution in [0.5, 0.6) is 0 Å². The molecule has 0 aromatic rings. The predicted molar refractivity (Wildman–Crippen MR) is 48.9 cm³/mol. The van der Waals surface area contributed by atoms with Crippen molar-refractivity contribution in [3.05, 3.63) is 0 Å². The smallest absolute Gasteiger partial charge is 0.0705 e. The highest BCUT2D eigenvalue weighted by atomic mass is 16.5. The minimum atomic E-state index is 0.253. The van der Waals surface area contributed by atoms with E-state index < -0.39 is 0 Å². The fourth-order valence-electron chi connectivity index (χ4n) is 2.74. The van der Waals surface area contributed by atoms with Gasteiger partial charge in [-0.2, -0.15) is 0 Å². The molecule has 0 amide bonds. The van der Waals surface area contributed by atoms with Gasteiger partial charge in [-0.25, -0.2) is 0 Å². The van der Waals surface area contributed by atoms with E-state index in [0.717, 1.165) is 5.92 Å². The van der Waals surface area contributed by atoms with E-state index in [1.807, 2.05) is 0 Å². The van der Waals surface area contributed by atoms with Crippen molar-refractivity contribution in [3.8, 4) is 0 Å². The highest BCUT2D eigenvalue weighted by Crippen LogP contribution is 2.45. The van der Waals surface area contributed by atoms with Gasteiger partial charge in [0.25, 0.3) is 0 Å². The highest BCUT2D eigenvalue weighted by Gasteiger charge is 2.43. The van der Waals surface area contributed by atoms with Gasteiger partial charge in [0, 0.05) is 6.54 Å². The van der Waals surface area contributed by atoms with Crippen molar-refractivity contribution in [2.24, 2.45) is 11.7 Å². The largest absolute Gasteiger partial charge is 0.370 e. The molecule has 0 radical (unpaired) electrons. The molecule has 2 N–H and O–H groups in total. The van der Waals surface area contributed by atoms with Crippen molar-refractivity contribution in [1.29, 1.82) is 0 Å². The zero-order chi connectivity index (χ0) is 8.60. The molecule has 1 saturated heterocycles. The number of hydrogen-bond donors (Lipinski definition) is 1. The molecule has 3 atom stereocenters. The van der Waals surface area contributed by atoms with Gasteiger partial charge in [0.1, 0.15) is 0 Å². The summed E-state index contributed by atoms with van der Waals surface area (Å²) in [6, 6.07) is 0. The van der Waals surface area contributed by atoms with Crippen molar-refractivity contribution in [1.82, 2.24) is 0 Å². The van der Waals surface area contributed by atoms with Crippen LogP contribution in [0.3, 0.4) is 0 Å². The summed E-state index contributed by atoms with van der Waals surface area (Å²) in [7, 11) is 0. The molecule has 0 aromatic heterocycles. The first-order valence-electron chi connectivity index (χ1n) is 5.12. The van der Waals surface area contributed by atoms with Crippen LogP contribution in [0.25, 0.3) is 0 Å². The van der Waals surface area contributed by atoms with Crippen LogP contribution in [0, 0.1) is 5.92 Å². The van der Waals surface area contributed by atoms with Crippen molar-refractivity contribution in [3.63, 3.8) is 0 Å². The van der Waals surface area contributed by atoms with Crippen molar-refractivity contribution < 1.29 is 4.74 Å². The Kier molecular flexibility index (Phi) is 2.13. The van der Waals surface area contributed by atoms with E-state index in [1.54, 1.807) is 0 Å². The van der Waals surface area contributed by atoms with E-state index in [-0.39, 0.29) is 5.60 Å². The fourth-order valence-corrected chi connectivity index (χ4v) is 2.74. The van der Waals surface area contributed by atoms with Crippen LogP contribution in [0.4, 0.5) is 0 Å². The Morgan fingerprint density at radius 2 is 2.17 bits per heavy atom. The molecule has 1 saturated carbocycles. The second kappa shape index (κ2) is 3.00. The molecule has 1 spiro atoms. The maximum atomic E-state index is 6.00. The van der Waals surface area contributed by atoms with Crippen molar-refractivity contribution >= 4 is 0 Å². The van der Waals surface area contributed by atoms with E-state index in [9.17, 15) is 0 Å². The Labute approximate surface area is 74.5 Å². The average molecular weight is 169 g/mol. The molecule has 70 valence electrons. The third kappa shape index (κ3) is 1.38. The minimum Gasteiger partial charge on any atom is -0.370 e. The number of hydrogen-bond acceptors (Lipinski definition) is 2. The molecule has 0 bridgehead atoms. The predicted octanol–water partition coefficient (Wildman–Crippen LogP) is 1.68. The maximum absolute atomic E-state index is 6.00. The lowest BCUT2D eigenvalue weighted by Gasteiger charge is -2.23. The second-order valence-corrected chi connectivity index (χ2v) is 4.55. The lowest BCUT2D eigenvalue weighted by Crippen LogP contribution is -2.28. The second-order valence-electron chi connectivity index (χ2n) is 4.55. The lowest BCUT2D eigenvalue weighted by molar-refractivity contribution is -0.0343. The first-order valence-corrected chi connectivity index (χ1v) is 5.12. The van der Waals surface area contributed by atoms with Gasteiger partial charge in [-0.15, -0.1) is 0 Å². The van der Waals surface area contributed by atoms with E-state index >= 15 is 0 Å². The Morgan fingerprint density at radius 3 is 2.67 bits per heavy atom. The first-order chi connectivity index (χ1) is 5.74. The van der Waals surface area contributed by atoms with E-state index in [0.29, 0.717) is 12.6 Å². The average Bonchev–Trinajstić information content (AvgIpc) is 2.61. The molecule has 2 rings (SSSR count). The summed E-state index contributed by atoms with van der Waals surface area (Å²) in [5.74, 6) is 0.863. The van der Waals surface area contributed by atoms with Crippen LogP contribution in [0.1, 0.15) is 39.0 Å². The van der Waals surface area contributed by atoms with E-state index in [4.69, 9.17) is 10.5 Å². The van der Waals surface area contributed by atoms with Crippen LogP contribution in [0.15, 0.2) is 0 Å². The molecule has 2 fully saturated rings. The molecule has 12 heavy (non-hydrogen) atoms. The standard InChI is InChI=1S/C10H19NO/c1-8-2-4-10(6-8)5-3-9(7-11)12-10/h8-9H,2-7,11H2,1H3. The summed E-state index contributed by atoms with van der Waals surface area (Å²) in [4.78, 5) is 0. The summed E-state index contributed by atoms with van der Waals surface area (Å²) in [5.41, 5.74) is 5.85. The van der Waals surface area contributed by atoms with Crippen molar-refractivity contribution in [2.45, 2.75) is 50.7 Å². The van der Waals surface area contributed by atoms with Gasteiger partial charge in [-0.05, 0) is 38.0 Å². The number of nitrogens with two attached hydrogens (primary N) is 1. The highest BCUT2D eigenvalue weighted by molar-refractivity contribution is 4.95. The molecule has 3 unspecified atom stereocenters. The summed E-state index contributed by atoms with van der Waals surface area (Å²) in [6.45, 7) is 3.03. The Morgan fingerprint density at radius 1 is 1.42 bits per heavy atom. The molecule has 1 heterocycles. The van der Waals surface area contributed by atoms with Gasteiger partial charge >= 0.3 is 0 Å². The van der Waals surface area contributed by atoms with Crippen LogP contribution in [0.2, 0.25) is 0 Å². The van der Waals surface area contributed by atoms with Crippen LogP contribution < -0.4 is 5.73 Å². The van der Waals surface area contributed by atoms with Gasteiger partial charge in [0.15, 0.2) is 0 Å². The monoisotopic (exact) mass is 169 g/mol. The summed E-state index contributed by atoms with van der Waals surface area (Å²) in [5, 5.41) is 0. The summed E-state index contributed by atoms with van der Waals surface area (Å²) >= 11 is 0. The molecular formula is C10H19NO. The van der Waals surface area contributed by atoms with Gasteiger partial charge in [0.05, 0.1) is 11.7 Å². The third-order valence-corrected chi connectivity index (χ3v) is 3.41. The quantitative estimate of drug-likeness (QED) is 0.648. The normalized spacial score (nSPS) is 47.5. The van der Waals surface area contributed by atoms with Gasteiger partial charge < -0.3 is 10.5 Å². The van der Waals surface area contributed by atoms with Crippen LogP contribution in [-0.2, 0) is 4.74 Å². The fraction of sp³-hybridized carbons (Fsp3) is 1.00. The Balaban J connectivity index is 1.97. The Hall–Kier alpha value is -0.0800. The maximum Gasteiger partial charge on any atom is 0.0705 e. The zero-order valence-electron chi connectivity index (χ0n) is 7.88. The van der Waals surface area contributed by atoms with Crippen LogP contribution in [-0.4, -0.2) is 18.2 Å². The van der Waals surface area contributed by atoms with E-state index in [2.05, 4.69) is 6.92 Å². The Bertz CT molecular complexity index is 171. The molecule has 2 aliphatic rings. The molecule has 0 aromatic carbocycles. The number of ether oxygens (including phenoxy) is 1. The molecule has 2 nitrogen and oxygen atoms in total. The summed E-state index contributed by atoms with van der Waals surface area (Å²) in [6.07, 6.45) is 6.67. The van der Waals surface area contributed by atoms with Crippen molar-refractivity contribution in [2.75, 3.05) is 6.54 Å². The molecular weight excluding hydrogens is 150 g/mol. The molecule has 2 heteroatoms. The van der Waals surface area contributed by atoms with E-state index in [1.165, 1.54) is 32.1 Å².